The Morgan fingerprint density at radius 1 is 1.50 bits per heavy atom. The molecule has 0 amide bonds. The average molecular weight is 288 g/mol. The van der Waals surface area contributed by atoms with Gasteiger partial charge >= 0.3 is 0 Å². The molecule has 2 heterocycles. The number of ether oxygens (including phenoxy) is 1. The van der Waals surface area contributed by atoms with Crippen LogP contribution in [0.2, 0.25) is 0 Å². The number of aromatic nitrogens is 2. The zero-order chi connectivity index (χ0) is 13.9. The van der Waals surface area contributed by atoms with E-state index in [1.54, 1.807) is 18.0 Å². The third-order valence-corrected chi connectivity index (χ3v) is 4.37. The largest absolute Gasteiger partial charge is 0.481 e. The molecular formula is C15H16N2O2S. The fraction of sp³-hybridized carbons (Fsp3) is 0.333. The van der Waals surface area contributed by atoms with Crippen LogP contribution in [0.15, 0.2) is 41.6 Å². The minimum absolute atomic E-state index is 0.114. The summed E-state index contributed by atoms with van der Waals surface area (Å²) in [5.74, 6) is 1.60. The molecule has 0 bridgehead atoms. The first-order chi connectivity index (χ1) is 9.76. The van der Waals surface area contributed by atoms with Crippen molar-refractivity contribution < 1.29 is 9.53 Å². The smallest absolute Gasteiger partial charge is 0.178 e. The maximum absolute atomic E-state index is 12.3. The molecule has 1 atom stereocenters. The molecule has 3 rings (SSSR count). The van der Waals surface area contributed by atoms with Gasteiger partial charge in [-0.05, 0) is 24.6 Å². The van der Waals surface area contributed by atoms with E-state index in [1.165, 1.54) is 0 Å². The van der Waals surface area contributed by atoms with Crippen molar-refractivity contribution in [3.8, 4) is 5.75 Å². The standard InChI is InChI=1S/C15H16N2O2S/c1-2-17-9-11(8-16-17)7-12(18)14-10-20-15-6-4-3-5-13(15)19-14/h3-6,8-9,14H,2,7,10H2,1H3. The Morgan fingerprint density at radius 3 is 3.15 bits per heavy atom. The second-order valence-electron chi connectivity index (χ2n) is 4.71. The number of Topliss-reactive ketones (excluding diaryl/α,β-unsaturated/α-hetero) is 1. The fourth-order valence-corrected chi connectivity index (χ4v) is 3.18. The van der Waals surface area contributed by atoms with E-state index in [9.17, 15) is 4.79 Å². The fourth-order valence-electron chi connectivity index (χ4n) is 2.16. The van der Waals surface area contributed by atoms with E-state index in [0.717, 1.165) is 22.8 Å². The van der Waals surface area contributed by atoms with Gasteiger partial charge in [-0.2, -0.15) is 5.10 Å². The van der Waals surface area contributed by atoms with Gasteiger partial charge in [0, 0.05) is 29.8 Å². The Labute approximate surface area is 122 Å². The number of ketones is 1. The number of para-hydroxylation sites is 1. The summed E-state index contributed by atoms with van der Waals surface area (Å²) in [4.78, 5) is 13.4. The Kier molecular flexibility index (Phi) is 3.78. The van der Waals surface area contributed by atoms with E-state index in [2.05, 4.69) is 5.10 Å². The first kappa shape index (κ1) is 13.2. The zero-order valence-electron chi connectivity index (χ0n) is 11.3. The van der Waals surface area contributed by atoms with E-state index in [-0.39, 0.29) is 11.9 Å². The number of hydrogen-bond acceptors (Lipinski definition) is 4. The number of hydrogen-bond donors (Lipinski definition) is 0. The molecule has 4 nitrogen and oxygen atoms in total. The Bertz CT molecular complexity index is 624. The number of aryl methyl sites for hydroxylation is 1. The summed E-state index contributed by atoms with van der Waals surface area (Å²) in [6.45, 7) is 2.84. The van der Waals surface area contributed by atoms with Crippen LogP contribution in [-0.2, 0) is 17.8 Å². The molecule has 1 aliphatic rings. The SMILES string of the molecule is CCn1cc(CC(=O)C2CSc3ccccc3O2)cn1. The van der Waals surface area contributed by atoms with Crippen molar-refractivity contribution in [1.29, 1.82) is 0 Å². The Morgan fingerprint density at radius 2 is 2.35 bits per heavy atom. The summed E-state index contributed by atoms with van der Waals surface area (Å²) < 4.78 is 7.63. The summed E-state index contributed by atoms with van der Waals surface area (Å²) in [5, 5.41) is 4.19. The number of benzene rings is 1. The highest BCUT2D eigenvalue weighted by Gasteiger charge is 2.26. The van der Waals surface area contributed by atoms with Crippen LogP contribution in [0.25, 0.3) is 0 Å². The van der Waals surface area contributed by atoms with E-state index in [4.69, 9.17) is 4.74 Å². The van der Waals surface area contributed by atoms with Crippen molar-refractivity contribution in [3.05, 3.63) is 42.2 Å². The number of carbonyl (C=O) groups is 1. The molecule has 0 fully saturated rings. The van der Waals surface area contributed by atoms with Gasteiger partial charge in [-0.3, -0.25) is 9.48 Å². The summed E-state index contributed by atoms with van der Waals surface area (Å²) in [5.41, 5.74) is 0.948. The van der Waals surface area contributed by atoms with Gasteiger partial charge in [-0.15, -0.1) is 11.8 Å². The lowest BCUT2D eigenvalue weighted by molar-refractivity contribution is -0.124. The monoisotopic (exact) mass is 288 g/mol. The molecule has 104 valence electrons. The molecule has 20 heavy (non-hydrogen) atoms. The van der Waals surface area contributed by atoms with E-state index in [1.807, 2.05) is 42.1 Å². The predicted molar refractivity (Wildman–Crippen MR) is 78.2 cm³/mol. The Balaban J connectivity index is 1.67. The highest BCUT2D eigenvalue weighted by atomic mass is 32.2. The molecule has 0 spiro atoms. The van der Waals surface area contributed by atoms with Gasteiger partial charge in [0.2, 0.25) is 0 Å². The minimum Gasteiger partial charge on any atom is -0.481 e. The van der Waals surface area contributed by atoms with Crippen molar-refractivity contribution in [2.24, 2.45) is 0 Å². The number of thioether (sulfide) groups is 1. The van der Waals surface area contributed by atoms with E-state index >= 15 is 0 Å². The van der Waals surface area contributed by atoms with Crippen LogP contribution >= 0.6 is 11.8 Å². The average Bonchev–Trinajstić information content (AvgIpc) is 2.94. The predicted octanol–water partition coefficient (Wildman–Crippen LogP) is 2.57. The van der Waals surface area contributed by atoms with Crippen LogP contribution in [0, 0.1) is 0 Å². The number of nitrogens with zero attached hydrogens (tertiary/aromatic N) is 2. The van der Waals surface area contributed by atoms with E-state index in [0.29, 0.717) is 12.2 Å². The van der Waals surface area contributed by atoms with Crippen LogP contribution < -0.4 is 4.74 Å². The maximum atomic E-state index is 12.3. The third kappa shape index (κ3) is 2.72. The first-order valence-electron chi connectivity index (χ1n) is 6.69. The maximum Gasteiger partial charge on any atom is 0.178 e. The van der Waals surface area contributed by atoms with Gasteiger partial charge < -0.3 is 4.74 Å². The number of carbonyl (C=O) groups excluding carboxylic acids is 1. The second kappa shape index (κ2) is 5.71. The van der Waals surface area contributed by atoms with Gasteiger partial charge in [0.1, 0.15) is 5.75 Å². The third-order valence-electron chi connectivity index (χ3n) is 3.26. The lowest BCUT2D eigenvalue weighted by Crippen LogP contribution is -2.33. The number of rotatable bonds is 4. The zero-order valence-corrected chi connectivity index (χ0v) is 12.1. The molecule has 1 aromatic heterocycles. The van der Waals surface area contributed by atoms with Gasteiger partial charge in [-0.1, -0.05) is 12.1 Å². The lowest BCUT2D eigenvalue weighted by atomic mass is 10.1. The summed E-state index contributed by atoms with van der Waals surface area (Å²) in [7, 11) is 0. The minimum atomic E-state index is -0.361. The molecule has 0 saturated heterocycles. The van der Waals surface area contributed by atoms with Crippen LogP contribution in [0.1, 0.15) is 12.5 Å². The molecule has 1 aromatic carbocycles. The molecule has 0 aliphatic carbocycles. The quantitative estimate of drug-likeness (QED) is 0.867. The lowest BCUT2D eigenvalue weighted by Gasteiger charge is -2.24. The molecule has 0 radical (unpaired) electrons. The highest BCUT2D eigenvalue weighted by Crippen LogP contribution is 2.35. The molecule has 0 N–H and O–H groups in total. The van der Waals surface area contributed by atoms with E-state index < -0.39 is 0 Å². The topological polar surface area (TPSA) is 44.1 Å². The molecule has 5 heteroatoms. The van der Waals surface area contributed by atoms with Crippen LogP contribution in [0.4, 0.5) is 0 Å². The number of fused-ring (bicyclic) bond motifs is 1. The molecule has 1 aliphatic heterocycles. The van der Waals surface area contributed by atoms with Crippen molar-refractivity contribution >= 4 is 17.5 Å². The van der Waals surface area contributed by atoms with Crippen LogP contribution in [0.3, 0.4) is 0 Å². The van der Waals surface area contributed by atoms with Gasteiger partial charge in [0.05, 0.1) is 6.20 Å². The summed E-state index contributed by atoms with van der Waals surface area (Å²) in [6.07, 6.45) is 3.69. The van der Waals surface area contributed by atoms with Crippen LogP contribution in [0.5, 0.6) is 5.75 Å². The Hall–Kier alpha value is -1.75. The summed E-state index contributed by atoms with van der Waals surface area (Å²) in [6, 6.07) is 7.84. The van der Waals surface area contributed by atoms with Crippen molar-refractivity contribution in [3.63, 3.8) is 0 Å². The van der Waals surface area contributed by atoms with Gasteiger partial charge in [-0.25, -0.2) is 0 Å². The second-order valence-corrected chi connectivity index (χ2v) is 5.77. The first-order valence-corrected chi connectivity index (χ1v) is 7.67. The normalized spacial score (nSPS) is 17.4. The van der Waals surface area contributed by atoms with Crippen molar-refractivity contribution in [2.45, 2.75) is 30.9 Å². The molecule has 0 saturated carbocycles. The van der Waals surface area contributed by atoms with Gasteiger partial charge in [0.15, 0.2) is 11.9 Å². The molecule has 1 unspecified atom stereocenters. The summed E-state index contributed by atoms with van der Waals surface area (Å²) >= 11 is 1.68. The highest BCUT2D eigenvalue weighted by molar-refractivity contribution is 7.99. The van der Waals surface area contributed by atoms with Crippen molar-refractivity contribution in [1.82, 2.24) is 9.78 Å². The van der Waals surface area contributed by atoms with Crippen LogP contribution in [-0.4, -0.2) is 27.4 Å². The van der Waals surface area contributed by atoms with Crippen molar-refractivity contribution in [2.75, 3.05) is 5.75 Å². The molecular weight excluding hydrogens is 272 g/mol. The van der Waals surface area contributed by atoms with Gasteiger partial charge in [0.25, 0.3) is 0 Å². The molecule has 2 aromatic rings.